The first-order chi connectivity index (χ1) is 9.49. The fraction of sp³-hybridized carbons (Fsp3) is 0.143. The number of aromatic nitrogens is 1. The minimum absolute atomic E-state index is 0.0346. The lowest BCUT2D eigenvalue weighted by Crippen LogP contribution is -2.09. The van der Waals surface area contributed by atoms with E-state index in [-0.39, 0.29) is 11.3 Å². The number of benzene rings is 1. The molecule has 1 heterocycles. The van der Waals surface area contributed by atoms with Crippen molar-refractivity contribution in [1.82, 2.24) is 4.98 Å². The van der Waals surface area contributed by atoms with Gasteiger partial charge in [-0.25, -0.2) is 9.78 Å². The van der Waals surface area contributed by atoms with E-state index in [1.165, 1.54) is 12.3 Å². The quantitative estimate of drug-likeness (QED) is 0.790. The third kappa shape index (κ3) is 2.80. The maximum atomic E-state index is 11.0. The first kappa shape index (κ1) is 13.7. The second-order valence-electron chi connectivity index (χ2n) is 4.49. The topological polar surface area (TPSA) is 91.5 Å². The highest BCUT2D eigenvalue weighted by Gasteiger charge is 2.12. The Balaban J connectivity index is 2.26. The maximum absolute atomic E-state index is 11.0. The molecule has 0 spiro atoms. The van der Waals surface area contributed by atoms with E-state index < -0.39 is 5.97 Å². The van der Waals surface area contributed by atoms with Crippen molar-refractivity contribution in [1.29, 1.82) is 0 Å². The molecule has 20 heavy (non-hydrogen) atoms. The smallest absolute Gasteiger partial charge is 0.337 e. The van der Waals surface area contributed by atoms with Gasteiger partial charge in [-0.3, -0.25) is 0 Å². The van der Waals surface area contributed by atoms with Crippen molar-refractivity contribution >= 4 is 28.8 Å². The number of carboxylic acid groups (broad SMARTS) is 1. The van der Waals surface area contributed by atoms with Crippen LogP contribution in [0.1, 0.15) is 10.4 Å². The van der Waals surface area contributed by atoms with Gasteiger partial charge in [0.25, 0.3) is 0 Å². The minimum atomic E-state index is -1.07. The van der Waals surface area contributed by atoms with Gasteiger partial charge in [0.1, 0.15) is 0 Å². The van der Waals surface area contributed by atoms with Crippen molar-refractivity contribution in [3.63, 3.8) is 0 Å². The first-order valence-corrected chi connectivity index (χ1v) is 6.01. The van der Waals surface area contributed by atoms with Gasteiger partial charge in [-0.2, -0.15) is 0 Å². The molecule has 6 heteroatoms. The van der Waals surface area contributed by atoms with E-state index in [1.54, 1.807) is 0 Å². The Kier molecular flexibility index (Phi) is 3.74. The van der Waals surface area contributed by atoms with Crippen LogP contribution in [0, 0.1) is 0 Å². The third-order valence-electron chi connectivity index (χ3n) is 2.87. The van der Waals surface area contributed by atoms with Crippen LogP contribution in [-0.4, -0.2) is 30.2 Å². The molecule has 0 aliphatic rings. The van der Waals surface area contributed by atoms with Crippen LogP contribution in [0.2, 0.25) is 0 Å². The molecule has 0 radical (unpaired) electrons. The van der Waals surface area contributed by atoms with E-state index in [0.717, 1.165) is 11.4 Å². The number of nitrogen functional groups attached to an aromatic ring is 1. The molecule has 2 rings (SSSR count). The lowest BCUT2D eigenvalue weighted by atomic mass is 10.2. The predicted octanol–water partition coefficient (Wildman–Crippen LogP) is 2.17. The van der Waals surface area contributed by atoms with E-state index in [9.17, 15) is 4.79 Å². The summed E-state index contributed by atoms with van der Waals surface area (Å²) in [6, 6.07) is 9.02. The molecule has 0 unspecified atom stereocenters. The third-order valence-corrected chi connectivity index (χ3v) is 2.87. The Morgan fingerprint density at radius 1 is 1.25 bits per heavy atom. The van der Waals surface area contributed by atoms with Crippen LogP contribution in [0.25, 0.3) is 0 Å². The van der Waals surface area contributed by atoms with E-state index >= 15 is 0 Å². The van der Waals surface area contributed by atoms with Crippen LogP contribution < -0.4 is 16.0 Å². The normalized spacial score (nSPS) is 10.1. The summed E-state index contributed by atoms with van der Waals surface area (Å²) in [5.41, 5.74) is 7.81. The van der Waals surface area contributed by atoms with Gasteiger partial charge >= 0.3 is 5.97 Å². The van der Waals surface area contributed by atoms with Crippen molar-refractivity contribution in [2.45, 2.75) is 0 Å². The average molecular weight is 272 g/mol. The molecule has 0 saturated heterocycles. The van der Waals surface area contributed by atoms with Gasteiger partial charge in [0.2, 0.25) is 0 Å². The van der Waals surface area contributed by atoms with Crippen LogP contribution in [-0.2, 0) is 0 Å². The van der Waals surface area contributed by atoms with Gasteiger partial charge in [0, 0.05) is 31.7 Å². The summed E-state index contributed by atoms with van der Waals surface area (Å²) in [4.78, 5) is 17.1. The number of hydrogen-bond donors (Lipinski definition) is 3. The molecule has 0 bridgehead atoms. The lowest BCUT2D eigenvalue weighted by molar-refractivity contribution is 0.0698. The Labute approximate surface area is 116 Å². The van der Waals surface area contributed by atoms with Crippen molar-refractivity contribution in [3.8, 4) is 0 Å². The number of carboxylic acids is 1. The zero-order chi connectivity index (χ0) is 14.7. The Morgan fingerprint density at radius 2 is 1.90 bits per heavy atom. The molecule has 0 fully saturated rings. The number of nitrogens with one attached hydrogen (secondary N) is 1. The second-order valence-corrected chi connectivity index (χ2v) is 4.49. The van der Waals surface area contributed by atoms with Gasteiger partial charge < -0.3 is 21.1 Å². The SMILES string of the molecule is CN(C)c1ccc(Nc2nccc(C(=O)O)c2N)cc1. The fourth-order valence-corrected chi connectivity index (χ4v) is 1.74. The Bertz CT molecular complexity index is 624. The van der Waals surface area contributed by atoms with Gasteiger partial charge in [-0.15, -0.1) is 0 Å². The molecule has 6 nitrogen and oxygen atoms in total. The van der Waals surface area contributed by atoms with Crippen molar-refractivity contribution in [2.24, 2.45) is 0 Å². The molecular weight excluding hydrogens is 256 g/mol. The molecule has 0 saturated carbocycles. The molecule has 1 aromatic heterocycles. The van der Waals surface area contributed by atoms with Crippen molar-refractivity contribution in [3.05, 3.63) is 42.1 Å². The van der Waals surface area contributed by atoms with Gasteiger partial charge in [-0.1, -0.05) is 0 Å². The van der Waals surface area contributed by atoms with Gasteiger partial charge in [0.05, 0.1) is 11.3 Å². The van der Waals surface area contributed by atoms with Crippen LogP contribution in [0.3, 0.4) is 0 Å². The molecule has 1 aromatic carbocycles. The maximum Gasteiger partial charge on any atom is 0.337 e. The van der Waals surface area contributed by atoms with Crippen LogP contribution in [0.4, 0.5) is 22.9 Å². The highest BCUT2D eigenvalue weighted by Crippen LogP contribution is 2.25. The van der Waals surface area contributed by atoms with E-state index in [0.29, 0.717) is 5.82 Å². The summed E-state index contributed by atoms with van der Waals surface area (Å²) >= 11 is 0. The molecule has 0 aliphatic heterocycles. The van der Waals surface area contributed by atoms with Crippen molar-refractivity contribution < 1.29 is 9.90 Å². The summed E-state index contributed by atoms with van der Waals surface area (Å²) in [6.07, 6.45) is 1.41. The summed E-state index contributed by atoms with van der Waals surface area (Å²) < 4.78 is 0. The highest BCUT2D eigenvalue weighted by atomic mass is 16.4. The summed E-state index contributed by atoms with van der Waals surface area (Å²) in [6.45, 7) is 0. The van der Waals surface area contributed by atoms with Gasteiger partial charge in [-0.05, 0) is 30.3 Å². The van der Waals surface area contributed by atoms with E-state index in [4.69, 9.17) is 10.8 Å². The van der Waals surface area contributed by atoms with E-state index in [1.807, 2.05) is 43.3 Å². The standard InChI is InChI=1S/C14H16N4O2/c1-18(2)10-5-3-9(4-6-10)17-13-12(15)11(14(19)20)7-8-16-13/h3-8H,15H2,1-2H3,(H,16,17)(H,19,20). The molecule has 104 valence electrons. The lowest BCUT2D eigenvalue weighted by Gasteiger charge is -2.14. The zero-order valence-electron chi connectivity index (χ0n) is 11.3. The molecule has 0 atom stereocenters. The monoisotopic (exact) mass is 272 g/mol. The fourth-order valence-electron chi connectivity index (χ4n) is 1.74. The van der Waals surface area contributed by atoms with Crippen molar-refractivity contribution in [2.75, 3.05) is 30.0 Å². The van der Waals surface area contributed by atoms with Gasteiger partial charge in [0.15, 0.2) is 5.82 Å². The van der Waals surface area contributed by atoms with Crippen LogP contribution in [0.15, 0.2) is 36.5 Å². The molecule has 0 amide bonds. The first-order valence-electron chi connectivity index (χ1n) is 6.01. The molecule has 2 aromatic rings. The zero-order valence-corrected chi connectivity index (χ0v) is 11.3. The minimum Gasteiger partial charge on any atom is -0.478 e. The predicted molar refractivity (Wildman–Crippen MR) is 79.7 cm³/mol. The summed E-state index contributed by atoms with van der Waals surface area (Å²) in [7, 11) is 3.91. The summed E-state index contributed by atoms with van der Waals surface area (Å²) in [5, 5.41) is 12.0. The summed E-state index contributed by atoms with van der Waals surface area (Å²) in [5.74, 6) is -0.738. The Morgan fingerprint density at radius 3 is 2.45 bits per heavy atom. The van der Waals surface area contributed by atoms with Crippen LogP contribution in [0.5, 0.6) is 0 Å². The number of nitrogens with zero attached hydrogens (tertiary/aromatic N) is 2. The molecule has 4 N–H and O–H groups in total. The van der Waals surface area contributed by atoms with E-state index in [2.05, 4.69) is 10.3 Å². The second kappa shape index (κ2) is 5.48. The number of hydrogen-bond acceptors (Lipinski definition) is 5. The number of aromatic carboxylic acids is 1. The number of pyridine rings is 1. The average Bonchev–Trinajstić information content (AvgIpc) is 2.41. The highest BCUT2D eigenvalue weighted by molar-refractivity contribution is 5.96. The number of nitrogens with two attached hydrogens (primary N) is 1. The molecule has 0 aliphatic carbocycles. The largest absolute Gasteiger partial charge is 0.478 e. The number of anilines is 4. The Hall–Kier alpha value is -2.76. The number of carbonyl (C=O) groups is 1. The number of rotatable bonds is 4. The van der Waals surface area contributed by atoms with Crippen LogP contribution >= 0.6 is 0 Å². The molecular formula is C14H16N4O2.